The van der Waals surface area contributed by atoms with Crippen LogP contribution >= 0.6 is 11.5 Å². The fraction of sp³-hybridized carbons (Fsp3) is 0.692. The van der Waals surface area contributed by atoms with Gasteiger partial charge < -0.3 is 14.7 Å². The first kappa shape index (κ1) is 15.8. The largest absolute Gasteiger partial charge is 0.481 e. The summed E-state index contributed by atoms with van der Waals surface area (Å²) in [6.45, 7) is 6.23. The Hall–Kier alpha value is -1.54. The summed E-state index contributed by atoms with van der Waals surface area (Å²) in [4.78, 5) is 25.7. The predicted octanol–water partition coefficient (Wildman–Crippen LogP) is 1.01. The molecule has 2 heterocycles. The molecule has 2 atom stereocenters. The highest BCUT2D eigenvalue weighted by Crippen LogP contribution is 2.28. The molecular weight excluding hydrogens is 294 g/mol. The van der Waals surface area contributed by atoms with Crippen LogP contribution in [0.2, 0.25) is 0 Å². The second kappa shape index (κ2) is 5.69. The van der Waals surface area contributed by atoms with E-state index in [1.165, 1.54) is 4.90 Å². The van der Waals surface area contributed by atoms with Crippen molar-refractivity contribution in [1.29, 1.82) is 0 Å². The Morgan fingerprint density at radius 2 is 2.05 bits per heavy atom. The lowest BCUT2D eigenvalue weighted by Crippen LogP contribution is -2.44. The predicted molar refractivity (Wildman–Crippen MR) is 76.4 cm³/mol. The van der Waals surface area contributed by atoms with Gasteiger partial charge in [0.1, 0.15) is 10.8 Å². The molecule has 2 rings (SSSR count). The number of carbonyl (C=O) groups excluding carboxylic acids is 1. The third-order valence-corrected chi connectivity index (χ3v) is 4.29. The van der Waals surface area contributed by atoms with Gasteiger partial charge in [-0.05, 0) is 11.5 Å². The van der Waals surface area contributed by atoms with Crippen LogP contribution in [0, 0.1) is 5.92 Å². The SMILES string of the molecule is CN(C(=O)c1snnc1C(C)(C)C)C1COCC1C(=O)O. The van der Waals surface area contributed by atoms with Crippen molar-refractivity contribution in [1.82, 2.24) is 14.5 Å². The minimum absolute atomic E-state index is 0.130. The molecule has 0 bridgehead atoms. The van der Waals surface area contributed by atoms with E-state index in [4.69, 9.17) is 4.74 Å². The summed E-state index contributed by atoms with van der Waals surface area (Å²) in [6, 6.07) is -0.468. The van der Waals surface area contributed by atoms with Crippen LogP contribution in [0.4, 0.5) is 0 Å². The van der Waals surface area contributed by atoms with Gasteiger partial charge in [-0.25, -0.2) is 0 Å². The topological polar surface area (TPSA) is 92.6 Å². The average molecular weight is 313 g/mol. The van der Waals surface area contributed by atoms with Crippen molar-refractivity contribution in [2.75, 3.05) is 20.3 Å². The first-order chi connectivity index (χ1) is 9.73. The van der Waals surface area contributed by atoms with Gasteiger partial charge in [-0.3, -0.25) is 9.59 Å². The number of carbonyl (C=O) groups is 2. The van der Waals surface area contributed by atoms with E-state index in [1.807, 2.05) is 20.8 Å². The monoisotopic (exact) mass is 313 g/mol. The van der Waals surface area contributed by atoms with Gasteiger partial charge >= 0.3 is 5.97 Å². The van der Waals surface area contributed by atoms with Crippen LogP contribution in [0.15, 0.2) is 0 Å². The van der Waals surface area contributed by atoms with Gasteiger partial charge in [-0.2, -0.15) is 0 Å². The molecule has 0 saturated carbocycles. The zero-order valence-electron chi connectivity index (χ0n) is 12.5. The molecule has 1 aromatic rings. The normalized spacial score (nSPS) is 22.3. The third kappa shape index (κ3) is 3.06. The number of hydrogen-bond acceptors (Lipinski definition) is 6. The Morgan fingerprint density at radius 3 is 2.62 bits per heavy atom. The lowest BCUT2D eigenvalue weighted by molar-refractivity contribution is -0.142. The Morgan fingerprint density at radius 1 is 1.38 bits per heavy atom. The number of likely N-dealkylation sites (N-methyl/N-ethyl adjacent to an activating group) is 1. The first-order valence-corrected chi connectivity index (χ1v) is 7.41. The summed E-state index contributed by atoms with van der Waals surface area (Å²) >= 11 is 1.04. The van der Waals surface area contributed by atoms with E-state index in [0.717, 1.165) is 11.5 Å². The van der Waals surface area contributed by atoms with E-state index in [-0.39, 0.29) is 24.5 Å². The number of nitrogens with zero attached hydrogens (tertiary/aromatic N) is 3. The fourth-order valence-corrected chi connectivity index (χ4v) is 3.15. The van der Waals surface area contributed by atoms with Gasteiger partial charge in [0.2, 0.25) is 0 Å². The Bertz CT molecular complexity index is 552. The molecule has 1 N–H and O–H groups in total. The van der Waals surface area contributed by atoms with E-state index >= 15 is 0 Å². The van der Waals surface area contributed by atoms with Crippen molar-refractivity contribution in [3.05, 3.63) is 10.6 Å². The number of carboxylic acid groups (broad SMARTS) is 1. The highest BCUT2D eigenvalue weighted by Gasteiger charge is 2.40. The van der Waals surface area contributed by atoms with Gasteiger partial charge in [-0.1, -0.05) is 25.3 Å². The smallest absolute Gasteiger partial charge is 0.311 e. The summed E-state index contributed by atoms with van der Waals surface area (Å²) in [5.74, 6) is -1.90. The number of aromatic nitrogens is 2. The Labute approximate surface area is 127 Å². The maximum atomic E-state index is 12.6. The average Bonchev–Trinajstić information content (AvgIpc) is 3.04. The molecule has 1 amide bonds. The van der Waals surface area contributed by atoms with Crippen molar-refractivity contribution < 1.29 is 19.4 Å². The van der Waals surface area contributed by atoms with E-state index in [2.05, 4.69) is 9.59 Å². The van der Waals surface area contributed by atoms with Crippen LogP contribution in [0.1, 0.15) is 36.1 Å². The van der Waals surface area contributed by atoms with Gasteiger partial charge in [0.25, 0.3) is 5.91 Å². The van der Waals surface area contributed by atoms with Crippen LogP contribution in [0.3, 0.4) is 0 Å². The summed E-state index contributed by atoms with van der Waals surface area (Å²) in [5.41, 5.74) is 0.340. The minimum Gasteiger partial charge on any atom is -0.481 e. The summed E-state index contributed by atoms with van der Waals surface area (Å²) in [6.07, 6.45) is 0. The van der Waals surface area contributed by atoms with Gasteiger partial charge in [-0.15, -0.1) is 5.10 Å². The van der Waals surface area contributed by atoms with E-state index in [1.54, 1.807) is 7.05 Å². The van der Waals surface area contributed by atoms with Crippen molar-refractivity contribution in [2.45, 2.75) is 32.2 Å². The third-order valence-electron chi connectivity index (χ3n) is 3.58. The lowest BCUT2D eigenvalue weighted by atomic mass is 9.91. The van der Waals surface area contributed by atoms with Gasteiger partial charge in [0.05, 0.1) is 24.9 Å². The molecule has 7 nitrogen and oxygen atoms in total. The second-order valence-corrected chi connectivity index (χ2v) is 6.92. The van der Waals surface area contributed by atoms with E-state index in [0.29, 0.717) is 10.6 Å². The van der Waals surface area contributed by atoms with Gasteiger partial charge in [0.15, 0.2) is 0 Å². The van der Waals surface area contributed by atoms with Crippen molar-refractivity contribution in [2.24, 2.45) is 5.92 Å². The second-order valence-electron chi connectivity index (χ2n) is 6.17. The molecule has 0 radical (unpaired) electrons. The number of amides is 1. The number of carboxylic acids is 1. The first-order valence-electron chi connectivity index (χ1n) is 6.64. The molecule has 1 saturated heterocycles. The van der Waals surface area contributed by atoms with Crippen molar-refractivity contribution >= 4 is 23.4 Å². The molecule has 1 fully saturated rings. The van der Waals surface area contributed by atoms with Gasteiger partial charge in [0, 0.05) is 12.5 Å². The maximum absolute atomic E-state index is 12.6. The van der Waals surface area contributed by atoms with Crippen LogP contribution in [0.25, 0.3) is 0 Å². The quantitative estimate of drug-likeness (QED) is 0.895. The summed E-state index contributed by atoms with van der Waals surface area (Å²) < 4.78 is 9.08. The zero-order valence-corrected chi connectivity index (χ0v) is 13.3. The Kier molecular flexibility index (Phi) is 4.29. The highest BCUT2D eigenvalue weighted by molar-refractivity contribution is 7.08. The van der Waals surface area contributed by atoms with Crippen molar-refractivity contribution in [3.8, 4) is 0 Å². The zero-order chi connectivity index (χ0) is 15.8. The number of ether oxygens (including phenoxy) is 1. The summed E-state index contributed by atoms with van der Waals surface area (Å²) in [7, 11) is 1.60. The highest BCUT2D eigenvalue weighted by atomic mass is 32.1. The molecule has 1 aromatic heterocycles. The van der Waals surface area contributed by atoms with Crippen molar-refractivity contribution in [3.63, 3.8) is 0 Å². The lowest BCUT2D eigenvalue weighted by Gasteiger charge is -2.27. The molecule has 2 unspecified atom stereocenters. The molecule has 1 aliphatic heterocycles. The maximum Gasteiger partial charge on any atom is 0.311 e. The van der Waals surface area contributed by atoms with Crippen LogP contribution in [-0.2, 0) is 14.9 Å². The summed E-state index contributed by atoms with van der Waals surface area (Å²) in [5, 5.41) is 13.2. The molecule has 1 aliphatic rings. The van der Waals surface area contributed by atoms with Crippen LogP contribution < -0.4 is 0 Å². The van der Waals surface area contributed by atoms with Crippen LogP contribution in [-0.4, -0.2) is 57.8 Å². The van der Waals surface area contributed by atoms with E-state index < -0.39 is 17.9 Å². The number of rotatable bonds is 3. The molecular formula is C13H19N3O4S. The minimum atomic E-state index is -0.948. The molecule has 0 aliphatic carbocycles. The number of hydrogen-bond donors (Lipinski definition) is 1. The molecule has 8 heteroatoms. The Balaban J connectivity index is 2.24. The van der Waals surface area contributed by atoms with Crippen LogP contribution in [0.5, 0.6) is 0 Å². The molecule has 21 heavy (non-hydrogen) atoms. The molecule has 0 aromatic carbocycles. The molecule has 0 spiro atoms. The fourth-order valence-electron chi connectivity index (χ4n) is 2.29. The standard InChI is InChI=1S/C13H19N3O4S/c1-13(2,3)10-9(21-15-14-10)11(17)16(4)8-6-20-5-7(8)12(18)19/h7-8H,5-6H2,1-4H3,(H,18,19). The van der Waals surface area contributed by atoms with E-state index in [9.17, 15) is 14.7 Å². The molecule has 116 valence electrons. The number of aliphatic carboxylic acids is 1.